The fourth-order valence-electron chi connectivity index (χ4n) is 3.70. The zero-order chi connectivity index (χ0) is 24.2. The molecule has 3 rings (SSSR count). The number of benzene rings is 3. The molecular weight excluding hydrogens is 428 g/mol. The lowest BCUT2D eigenvalue weighted by atomic mass is 10.0. The Morgan fingerprint density at radius 3 is 2.53 bits per heavy atom. The van der Waals surface area contributed by atoms with Crippen LogP contribution >= 0.6 is 0 Å². The fraction of sp³-hybridized carbons (Fsp3) is 0.321. The van der Waals surface area contributed by atoms with Crippen LogP contribution in [0.25, 0.3) is 0 Å². The van der Waals surface area contributed by atoms with Crippen molar-refractivity contribution >= 4 is 5.91 Å². The van der Waals surface area contributed by atoms with Gasteiger partial charge in [-0.15, -0.1) is 0 Å². The molecular formula is C28H34N2O4. The van der Waals surface area contributed by atoms with E-state index in [9.17, 15) is 9.90 Å². The maximum absolute atomic E-state index is 13.0. The molecule has 0 unspecified atom stereocenters. The third-order valence-corrected chi connectivity index (χ3v) is 5.51. The van der Waals surface area contributed by atoms with Crippen LogP contribution in [-0.2, 0) is 13.0 Å². The molecule has 2 atom stereocenters. The van der Waals surface area contributed by atoms with Gasteiger partial charge < -0.3 is 25.2 Å². The molecule has 0 spiro atoms. The van der Waals surface area contributed by atoms with Gasteiger partial charge in [-0.2, -0.15) is 0 Å². The lowest BCUT2D eigenvalue weighted by Gasteiger charge is -2.25. The van der Waals surface area contributed by atoms with Gasteiger partial charge in [0.15, 0.2) is 0 Å². The molecule has 0 heterocycles. The summed E-state index contributed by atoms with van der Waals surface area (Å²) in [6, 6.07) is 24.3. The number of para-hydroxylation sites is 1. The number of rotatable bonds is 13. The standard InChI is InChI=1S/C28H34N2O4/c1-3-16-34-24-14-9-13-22(18-24)28(32)30-25(17-21-10-5-4-6-11-21)26(31)20-29-19-23-12-7-8-15-27(23)33-2/h4-15,18,25-26,29,31H,3,16-17,19-20H2,1-2H3,(H,30,32)/t25-,26+/m0/s1. The zero-order valence-corrected chi connectivity index (χ0v) is 19.9. The summed E-state index contributed by atoms with van der Waals surface area (Å²) in [5.74, 6) is 1.21. The van der Waals surface area contributed by atoms with Gasteiger partial charge in [-0.1, -0.05) is 61.5 Å². The van der Waals surface area contributed by atoms with Crippen LogP contribution in [0.2, 0.25) is 0 Å². The quantitative estimate of drug-likeness (QED) is 0.358. The first-order valence-corrected chi connectivity index (χ1v) is 11.7. The first-order chi connectivity index (χ1) is 16.6. The Bertz CT molecular complexity index is 1030. The van der Waals surface area contributed by atoms with E-state index in [1.54, 1.807) is 25.3 Å². The largest absolute Gasteiger partial charge is 0.496 e. The van der Waals surface area contributed by atoms with Gasteiger partial charge in [0.05, 0.1) is 25.9 Å². The molecule has 0 aromatic heterocycles. The van der Waals surface area contributed by atoms with E-state index in [0.29, 0.717) is 37.4 Å². The molecule has 6 heteroatoms. The summed E-state index contributed by atoms with van der Waals surface area (Å²) in [7, 11) is 1.64. The average molecular weight is 463 g/mol. The van der Waals surface area contributed by atoms with Crippen molar-refractivity contribution < 1.29 is 19.4 Å². The molecule has 0 radical (unpaired) electrons. The molecule has 1 amide bonds. The Balaban J connectivity index is 1.67. The minimum Gasteiger partial charge on any atom is -0.496 e. The van der Waals surface area contributed by atoms with Crippen LogP contribution in [0.1, 0.15) is 34.8 Å². The maximum atomic E-state index is 13.0. The van der Waals surface area contributed by atoms with Crippen LogP contribution in [0.3, 0.4) is 0 Å². The van der Waals surface area contributed by atoms with Crippen molar-refractivity contribution in [2.45, 2.75) is 38.5 Å². The highest BCUT2D eigenvalue weighted by Gasteiger charge is 2.22. The van der Waals surface area contributed by atoms with Crippen molar-refractivity contribution in [1.29, 1.82) is 0 Å². The molecule has 3 N–H and O–H groups in total. The van der Waals surface area contributed by atoms with E-state index in [1.807, 2.05) is 67.6 Å². The van der Waals surface area contributed by atoms with Crippen molar-refractivity contribution in [1.82, 2.24) is 10.6 Å². The van der Waals surface area contributed by atoms with E-state index in [0.717, 1.165) is 23.3 Å². The summed E-state index contributed by atoms with van der Waals surface area (Å²) >= 11 is 0. The Labute approximate surface area is 201 Å². The predicted molar refractivity (Wildman–Crippen MR) is 134 cm³/mol. The molecule has 6 nitrogen and oxygen atoms in total. The molecule has 0 bridgehead atoms. The number of hydrogen-bond donors (Lipinski definition) is 3. The second-order valence-corrected chi connectivity index (χ2v) is 8.16. The molecule has 0 saturated heterocycles. The number of amides is 1. The van der Waals surface area contributed by atoms with Gasteiger partial charge in [0.2, 0.25) is 0 Å². The highest BCUT2D eigenvalue weighted by molar-refractivity contribution is 5.94. The van der Waals surface area contributed by atoms with E-state index in [-0.39, 0.29) is 5.91 Å². The van der Waals surface area contributed by atoms with Gasteiger partial charge in [0.1, 0.15) is 11.5 Å². The Morgan fingerprint density at radius 2 is 1.76 bits per heavy atom. The number of ether oxygens (including phenoxy) is 2. The minimum atomic E-state index is -0.793. The Kier molecular flexibility index (Phi) is 9.95. The van der Waals surface area contributed by atoms with Crippen molar-refractivity contribution in [3.05, 3.63) is 95.6 Å². The van der Waals surface area contributed by atoms with E-state index in [4.69, 9.17) is 9.47 Å². The molecule has 3 aromatic rings. The van der Waals surface area contributed by atoms with Crippen LogP contribution < -0.4 is 20.1 Å². The molecule has 34 heavy (non-hydrogen) atoms. The van der Waals surface area contributed by atoms with Crippen molar-refractivity contribution in [2.75, 3.05) is 20.3 Å². The van der Waals surface area contributed by atoms with E-state index >= 15 is 0 Å². The number of hydrogen-bond acceptors (Lipinski definition) is 5. The lowest BCUT2D eigenvalue weighted by Crippen LogP contribution is -2.48. The SMILES string of the molecule is CCCOc1cccc(C(=O)N[C@@H](Cc2ccccc2)[C@H](O)CNCc2ccccc2OC)c1. The summed E-state index contributed by atoms with van der Waals surface area (Å²) in [5, 5.41) is 17.3. The van der Waals surface area contributed by atoms with Crippen LogP contribution in [0.5, 0.6) is 11.5 Å². The predicted octanol–water partition coefficient (Wildman–Crippen LogP) is 3.98. The number of carbonyl (C=O) groups is 1. The van der Waals surface area contributed by atoms with Crippen LogP contribution in [0.4, 0.5) is 0 Å². The first-order valence-electron chi connectivity index (χ1n) is 11.7. The number of nitrogens with one attached hydrogen (secondary N) is 2. The second kappa shape index (κ2) is 13.4. The Hall–Kier alpha value is -3.35. The molecule has 0 fully saturated rings. The van der Waals surface area contributed by atoms with Gasteiger partial charge in [-0.25, -0.2) is 0 Å². The van der Waals surface area contributed by atoms with Crippen molar-refractivity contribution in [2.24, 2.45) is 0 Å². The van der Waals surface area contributed by atoms with Crippen molar-refractivity contribution in [3.8, 4) is 11.5 Å². The summed E-state index contributed by atoms with van der Waals surface area (Å²) in [5.41, 5.74) is 2.54. The average Bonchev–Trinajstić information content (AvgIpc) is 2.88. The number of aliphatic hydroxyl groups excluding tert-OH is 1. The summed E-state index contributed by atoms with van der Waals surface area (Å²) in [6.45, 7) is 3.49. The molecule has 0 saturated carbocycles. The molecule has 0 aliphatic heterocycles. The van der Waals surface area contributed by atoms with E-state index < -0.39 is 12.1 Å². The lowest BCUT2D eigenvalue weighted by molar-refractivity contribution is 0.0829. The topological polar surface area (TPSA) is 79.8 Å². The van der Waals surface area contributed by atoms with E-state index in [1.165, 1.54) is 0 Å². The third kappa shape index (κ3) is 7.61. The zero-order valence-electron chi connectivity index (χ0n) is 19.9. The molecule has 180 valence electrons. The van der Waals surface area contributed by atoms with Crippen molar-refractivity contribution in [3.63, 3.8) is 0 Å². The summed E-state index contributed by atoms with van der Waals surface area (Å²) < 4.78 is 11.1. The van der Waals surface area contributed by atoms with Crippen LogP contribution in [0.15, 0.2) is 78.9 Å². The van der Waals surface area contributed by atoms with Gasteiger partial charge in [-0.3, -0.25) is 4.79 Å². The normalized spacial score (nSPS) is 12.6. The van der Waals surface area contributed by atoms with Crippen LogP contribution in [0, 0.1) is 0 Å². The number of carbonyl (C=O) groups excluding carboxylic acids is 1. The second-order valence-electron chi connectivity index (χ2n) is 8.16. The molecule has 0 aliphatic rings. The third-order valence-electron chi connectivity index (χ3n) is 5.51. The smallest absolute Gasteiger partial charge is 0.251 e. The van der Waals surface area contributed by atoms with Crippen LogP contribution in [-0.4, -0.2) is 43.4 Å². The highest BCUT2D eigenvalue weighted by Crippen LogP contribution is 2.17. The van der Waals surface area contributed by atoms with Gasteiger partial charge in [0.25, 0.3) is 5.91 Å². The minimum absolute atomic E-state index is 0.244. The highest BCUT2D eigenvalue weighted by atomic mass is 16.5. The number of methoxy groups -OCH3 is 1. The fourth-order valence-corrected chi connectivity index (χ4v) is 3.70. The maximum Gasteiger partial charge on any atom is 0.251 e. The Morgan fingerprint density at radius 1 is 1.00 bits per heavy atom. The summed E-state index contributed by atoms with van der Waals surface area (Å²) in [6.07, 6.45) is 0.609. The number of aliphatic hydroxyl groups is 1. The van der Waals surface area contributed by atoms with Gasteiger partial charge in [0, 0.05) is 24.2 Å². The van der Waals surface area contributed by atoms with Gasteiger partial charge in [-0.05, 0) is 42.7 Å². The van der Waals surface area contributed by atoms with Gasteiger partial charge >= 0.3 is 0 Å². The molecule has 0 aliphatic carbocycles. The summed E-state index contributed by atoms with van der Waals surface area (Å²) in [4.78, 5) is 13.0. The first kappa shape index (κ1) is 25.3. The van der Waals surface area contributed by atoms with E-state index in [2.05, 4.69) is 10.6 Å². The molecule has 3 aromatic carbocycles. The monoisotopic (exact) mass is 462 g/mol.